The molecule has 4 aliphatic carbocycles. The number of fused-ring (bicyclic) bond motifs is 1. The summed E-state index contributed by atoms with van der Waals surface area (Å²) in [5, 5.41) is 6.08. The smallest absolute Gasteiger partial charge is 0.234 e. The number of amides is 2. The number of hydrogen-bond donors (Lipinski definition) is 2. The van der Waals surface area contributed by atoms with E-state index in [2.05, 4.69) is 16.7 Å². The third-order valence-electron chi connectivity index (χ3n) is 10.1. The van der Waals surface area contributed by atoms with Crippen LogP contribution in [-0.2, 0) is 20.4 Å². The molecule has 63 heavy (non-hydrogen) atoms. The Morgan fingerprint density at radius 3 is 1.21 bits per heavy atom. The topological polar surface area (TPSA) is 111 Å². The zero-order valence-corrected chi connectivity index (χ0v) is 39.3. The molecule has 2 saturated carbocycles. The largest absolute Gasteiger partial charge is 0.454 e. The molecule has 9 rings (SSSR count). The van der Waals surface area contributed by atoms with Crippen LogP contribution in [0.1, 0.15) is 140 Å². The Kier molecular flexibility index (Phi) is 23.8. The van der Waals surface area contributed by atoms with E-state index in [-0.39, 0.29) is 41.0 Å². The lowest BCUT2D eigenvalue weighted by Gasteiger charge is -2.16. The molecule has 1 heterocycles. The summed E-state index contributed by atoms with van der Waals surface area (Å²) in [5.74, 6) is 1.98. The molecule has 1 aliphatic heterocycles. The molecule has 336 valence electrons. The van der Waals surface area contributed by atoms with Gasteiger partial charge in [-0.25, -0.2) is 0 Å². The molecule has 0 radical (unpaired) electrons. The van der Waals surface area contributed by atoms with Crippen LogP contribution in [-0.4, -0.2) is 30.2 Å². The molecule has 2 fully saturated rings. The Labute approximate surface area is 377 Å². The van der Waals surface area contributed by atoms with Gasteiger partial charge in [0.05, 0.1) is 10.8 Å². The Morgan fingerprint density at radius 1 is 0.476 bits per heavy atom. The lowest BCUT2D eigenvalue weighted by atomic mass is 9.94. The van der Waals surface area contributed by atoms with Crippen molar-refractivity contribution < 1.29 is 28.7 Å². The van der Waals surface area contributed by atoms with Crippen LogP contribution in [0.25, 0.3) is 0 Å². The molecule has 0 bridgehead atoms. The number of nitrogens with one attached hydrogen (secondary N) is 2. The molecular weight excluding hydrogens is 785 g/mol. The van der Waals surface area contributed by atoms with Gasteiger partial charge >= 0.3 is 0 Å². The van der Waals surface area contributed by atoms with Gasteiger partial charge in [-0.05, 0) is 74.9 Å². The van der Waals surface area contributed by atoms with Crippen molar-refractivity contribution >= 4 is 23.4 Å². The van der Waals surface area contributed by atoms with E-state index in [9.17, 15) is 19.2 Å². The molecule has 2 amide bonds. The summed E-state index contributed by atoms with van der Waals surface area (Å²) in [7, 11) is 0. The van der Waals surface area contributed by atoms with Crippen LogP contribution < -0.4 is 20.1 Å². The zero-order chi connectivity index (χ0) is 46.7. The number of ketones is 2. The van der Waals surface area contributed by atoms with E-state index in [1.807, 2.05) is 195 Å². The van der Waals surface area contributed by atoms with Gasteiger partial charge in [-0.1, -0.05) is 177 Å². The molecule has 0 atom stereocenters. The van der Waals surface area contributed by atoms with Crippen LogP contribution in [0.15, 0.2) is 157 Å². The highest BCUT2D eigenvalue weighted by atomic mass is 16.7. The summed E-state index contributed by atoms with van der Waals surface area (Å²) in [4.78, 5) is 46.1. The van der Waals surface area contributed by atoms with Crippen LogP contribution in [0.4, 0.5) is 0 Å². The van der Waals surface area contributed by atoms with E-state index in [0.717, 1.165) is 83.7 Å². The van der Waals surface area contributed by atoms with E-state index in [1.165, 1.54) is 0 Å². The summed E-state index contributed by atoms with van der Waals surface area (Å²) < 4.78 is 10.7. The predicted octanol–water partition coefficient (Wildman–Crippen LogP) is 13.0. The summed E-state index contributed by atoms with van der Waals surface area (Å²) in [6.45, 7) is 19.4. The van der Waals surface area contributed by atoms with Crippen LogP contribution in [0, 0.1) is 0 Å². The predicted molar refractivity (Wildman–Crippen MR) is 259 cm³/mol. The first kappa shape index (κ1) is 52.9. The third-order valence-corrected chi connectivity index (χ3v) is 10.1. The van der Waals surface area contributed by atoms with Crippen molar-refractivity contribution in [1.82, 2.24) is 10.6 Å². The highest BCUT2D eigenvalue weighted by molar-refractivity contribution is 5.95. The van der Waals surface area contributed by atoms with E-state index in [4.69, 9.17) is 9.47 Å². The lowest BCUT2D eigenvalue weighted by Crippen LogP contribution is -2.33. The molecule has 8 heteroatoms. The van der Waals surface area contributed by atoms with Gasteiger partial charge in [-0.15, -0.1) is 0 Å². The first-order valence-electron chi connectivity index (χ1n) is 22.6. The van der Waals surface area contributed by atoms with Gasteiger partial charge in [0.25, 0.3) is 0 Å². The lowest BCUT2D eigenvalue weighted by molar-refractivity contribution is -0.123. The molecule has 0 saturated heterocycles. The Balaban J connectivity index is 0.000000287. The molecular formula is C55H70N2O6. The number of benzene rings is 4. The van der Waals surface area contributed by atoms with Gasteiger partial charge < -0.3 is 20.1 Å². The normalized spacial score (nSPS) is 14.9. The minimum Gasteiger partial charge on any atom is -0.454 e. The van der Waals surface area contributed by atoms with E-state index in [1.54, 1.807) is 13.8 Å². The SMILES string of the molecule is CC.CC.CC.CC.CC(=O)c1ccccc1.CC(=O)c1ccccc1.O=C(NC1=CC=CC1)C1(c2ccc3c(c2)OCO3)CC1.O=C(NC1=CC=CC1)C1(c2ccccc2)CC1. The number of ether oxygens (including phenoxy) is 2. The molecule has 0 unspecified atom stereocenters. The van der Waals surface area contributed by atoms with Gasteiger partial charge in [0.1, 0.15) is 0 Å². The van der Waals surface area contributed by atoms with Gasteiger partial charge in [0.15, 0.2) is 23.1 Å². The minimum atomic E-state index is -0.385. The van der Waals surface area contributed by atoms with Gasteiger partial charge in [0, 0.05) is 35.4 Å². The van der Waals surface area contributed by atoms with Crippen molar-refractivity contribution in [2.24, 2.45) is 0 Å². The van der Waals surface area contributed by atoms with E-state index in [0.29, 0.717) is 0 Å². The second-order valence-corrected chi connectivity index (χ2v) is 14.0. The van der Waals surface area contributed by atoms with Gasteiger partial charge in [-0.2, -0.15) is 0 Å². The monoisotopic (exact) mass is 855 g/mol. The Morgan fingerprint density at radius 2 is 0.857 bits per heavy atom. The maximum atomic E-state index is 12.5. The van der Waals surface area contributed by atoms with Crippen molar-refractivity contribution in [3.8, 4) is 11.5 Å². The standard InChI is InChI=1S/C16H15NO3.C15H15NO.2C8H8O.4C2H6/c18-15(17-12-3-1-2-4-12)16(7-8-16)11-5-6-13-14(9-11)20-10-19-13;17-14(16-13-8-4-5-9-13)15(10-11-15)12-6-2-1-3-7-12;2*1-7(9)8-5-3-2-4-6-8;4*1-2/h1-3,5-6,9H,4,7-8,10H2,(H,17,18);1-8H,9-11H2,(H,16,17);2*2-6H,1H3;4*1-2H3. The summed E-state index contributed by atoms with van der Waals surface area (Å²) in [6, 6.07) is 34.3. The van der Waals surface area contributed by atoms with Crippen LogP contribution >= 0.6 is 0 Å². The van der Waals surface area contributed by atoms with Crippen molar-refractivity contribution in [2.75, 3.05) is 6.79 Å². The zero-order valence-electron chi connectivity index (χ0n) is 39.3. The second kappa shape index (κ2) is 28.3. The van der Waals surface area contributed by atoms with Crippen molar-refractivity contribution in [1.29, 1.82) is 0 Å². The number of carbonyl (C=O) groups is 4. The molecule has 2 N–H and O–H groups in total. The Bertz CT molecular complexity index is 2080. The average molecular weight is 855 g/mol. The fraction of sp³-hybridized carbons (Fsp3) is 0.345. The molecule has 5 aliphatic rings. The molecule has 0 spiro atoms. The molecule has 0 aromatic heterocycles. The van der Waals surface area contributed by atoms with Crippen molar-refractivity contribution in [3.05, 3.63) is 179 Å². The number of rotatable bonds is 8. The number of carbonyl (C=O) groups excluding carboxylic acids is 4. The van der Waals surface area contributed by atoms with Gasteiger partial charge in [0.2, 0.25) is 18.6 Å². The second-order valence-electron chi connectivity index (χ2n) is 14.0. The summed E-state index contributed by atoms with van der Waals surface area (Å²) >= 11 is 0. The molecule has 4 aromatic rings. The van der Waals surface area contributed by atoms with Crippen LogP contribution in [0.3, 0.4) is 0 Å². The highest BCUT2D eigenvalue weighted by Gasteiger charge is 2.52. The molecule has 8 nitrogen and oxygen atoms in total. The van der Waals surface area contributed by atoms with Crippen LogP contribution in [0.5, 0.6) is 11.5 Å². The average Bonchev–Trinajstić information content (AvgIpc) is 4.13. The van der Waals surface area contributed by atoms with E-state index >= 15 is 0 Å². The number of allylic oxidation sites excluding steroid dienone is 6. The molecule has 4 aromatic carbocycles. The Hall–Kier alpha value is -6.28. The first-order chi connectivity index (χ1) is 30.7. The highest BCUT2D eigenvalue weighted by Crippen LogP contribution is 2.51. The minimum absolute atomic E-state index is 0.0892. The third kappa shape index (κ3) is 15.9. The first-order valence-corrected chi connectivity index (χ1v) is 22.6. The summed E-state index contributed by atoms with van der Waals surface area (Å²) in [5.41, 5.74) is 5.05. The fourth-order valence-electron chi connectivity index (χ4n) is 6.45. The quantitative estimate of drug-likeness (QED) is 0.171. The fourth-order valence-corrected chi connectivity index (χ4v) is 6.45. The number of Topliss-reactive ketones (excluding diaryl/α,β-unsaturated/α-hetero) is 2. The van der Waals surface area contributed by atoms with Crippen molar-refractivity contribution in [2.45, 2.75) is 119 Å². The van der Waals surface area contributed by atoms with Crippen molar-refractivity contribution in [3.63, 3.8) is 0 Å². The summed E-state index contributed by atoms with van der Waals surface area (Å²) in [6.07, 6.45) is 17.3. The van der Waals surface area contributed by atoms with Crippen LogP contribution in [0.2, 0.25) is 0 Å². The maximum Gasteiger partial charge on any atom is 0.234 e. The van der Waals surface area contributed by atoms with E-state index < -0.39 is 0 Å². The maximum absolute atomic E-state index is 12.5. The van der Waals surface area contributed by atoms with Gasteiger partial charge in [-0.3, -0.25) is 19.2 Å². The number of hydrogen-bond acceptors (Lipinski definition) is 6.